The Balaban J connectivity index is 2.05. The van der Waals surface area contributed by atoms with Gasteiger partial charge >= 0.3 is 0 Å². The average molecular weight is 211 g/mol. The molecule has 2 heterocycles. The molecule has 0 bridgehead atoms. The molecule has 0 aliphatic carbocycles. The molecule has 2 rings (SSSR count). The van der Waals surface area contributed by atoms with Gasteiger partial charge in [-0.1, -0.05) is 0 Å². The van der Waals surface area contributed by atoms with Crippen LogP contribution in [0.4, 0.5) is 5.95 Å². The maximum atomic E-state index is 5.28. The van der Waals surface area contributed by atoms with Crippen LogP contribution >= 0.6 is 0 Å². The van der Waals surface area contributed by atoms with Crippen molar-refractivity contribution in [2.24, 2.45) is 0 Å². The van der Waals surface area contributed by atoms with E-state index in [-0.39, 0.29) is 6.04 Å². The second-order valence-corrected chi connectivity index (χ2v) is 3.63. The lowest BCUT2D eigenvalue weighted by Gasteiger charge is -2.25. The maximum Gasteiger partial charge on any atom is 0.244 e. The quantitative estimate of drug-likeness (QED) is 0.732. The number of ether oxygens (including phenoxy) is 1. The van der Waals surface area contributed by atoms with Gasteiger partial charge < -0.3 is 15.0 Å². The Morgan fingerprint density at radius 3 is 2.87 bits per heavy atom. The summed E-state index contributed by atoms with van der Waals surface area (Å²) in [6, 6.07) is 0.201. The van der Waals surface area contributed by atoms with Crippen LogP contribution in [-0.4, -0.2) is 48.5 Å². The minimum atomic E-state index is 0.201. The van der Waals surface area contributed by atoms with E-state index >= 15 is 0 Å². The fraction of sp³-hybridized carbons (Fsp3) is 0.778. The van der Waals surface area contributed by atoms with Crippen LogP contribution in [0.3, 0.4) is 0 Å². The molecular formula is C9H17N5O. The molecule has 1 fully saturated rings. The van der Waals surface area contributed by atoms with Crippen molar-refractivity contribution in [2.45, 2.75) is 13.0 Å². The summed E-state index contributed by atoms with van der Waals surface area (Å²) in [4.78, 5) is 6.58. The maximum absolute atomic E-state index is 5.28. The number of nitrogens with one attached hydrogen (secondary N) is 2. The molecule has 1 aliphatic rings. The normalized spacial score (nSPS) is 19.2. The molecule has 0 saturated carbocycles. The number of rotatable bonds is 3. The van der Waals surface area contributed by atoms with E-state index in [1.165, 1.54) is 0 Å². The van der Waals surface area contributed by atoms with Gasteiger partial charge in [-0.15, -0.1) is 5.10 Å². The highest BCUT2D eigenvalue weighted by Gasteiger charge is 2.16. The van der Waals surface area contributed by atoms with Crippen molar-refractivity contribution in [1.82, 2.24) is 20.5 Å². The third-order valence-electron chi connectivity index (χ3n) is 2.63. The first-order valence-corrected chi connectivity index (χ1v) is 5.23. The number of morpholine rings is 1. The van der Waals surface area contributed by atoms with Gasteiger partial charge in [0.1, 0.15) is 5.82 Å². The summed E-state index contributed by atoms with van der Waals surface area (Å²) < 4.78 is 5.28. The number of hydrogen-bond acceptors (Lipinski definition) is 5. The predicted molar refractivity (Wildman–Crippen MR) is 56.9 cm³/mol. The van der Waals surface area contributed by atoms with Gasteiger partial charge in [0, 0.05) is 13.1 Å². The Hall–Kier alpha value is -1.14. The van der Waals surface area contributed by atoms with Gasteiger partial charge in [-0.2, -0.15) is 4.98 Å². The molecule has 15 heavy (non-hydrogen) atoms. The minimum Gasteiger partial charge on any atom is -0.378 e. The zero-order chi connectivity index (χ0) is 10.7. The average Bonchev–Trinajstić information content (AvgIpc) is 2.78. The van der Waals surface area contributed by atoms with Crippen LogP contribution in [0.2, 0.25) is 0 Å². The Bertz CT molecular complexity index is 307. The highest BCUT2D eigenvalue weighted by Crippen LogP contribution is 2.12. The lowest BCUT2D eigenvalue weighted by Crippen LogP contribution is -2.36. The third kappa shape index (κ3) is 2.27. The van der Waals surface area contributed by atoms with E-state index in [4.69, 9.17) is 4.74 Å². The topological polar surface area (TPSA) is 66.1 Å². The number of anilines is 1. The molecule has 1 aromatic rings. The molecule has 0 amide bonds. The Morgan fingerprint density at radius 2 is 2.20 bits per heavy atom. The molecule has 0 spiro atoms. The Labute approximate surface area is 89.0 Å². The molecule has 0 radical (unpaired) electrons. The largest absolute Gasteiger partial charge is 0.378 e. The number of hydrogen-bond donors (Lipinski definition) is 2. The molecule has 1 unspecified atom stereocenters. The lowest BCUT2D eigenvalue weighted by molar-refractivity contribution is 0.122. The van der Waals surface area contributed by atoms with Crippen molar-refractivity contribution in [3.8, 4) is 0 Å². The first kappa shape index (κ1) is 10.4. The molecular weight excluding hydrogens is 194 g/mol. The summed E-state index contributed by atoms with van der Waals surface area (Å²) in [5, 5.41) is 10.3. The highest BCUT2D eigenvalue weighted by atomic mass is 16.5. The molecule has 1 aliphatic heterocycles. The summed E-state index contributed by atoms with van der Waals surface area (Å²) >= 11 is 0. The van der Waals surface area contributed by atoms with Crippen molar-refractivity contribution in [2.75, 3.05) is 38.3 Å². The van der Waals surface area contributed by atoms with Gasteiger partial charge in [0.05, 0.1) is 19.3 Å². The Kier molecular flexibility index (Phi) is 3.17. The van der Waals surface area contributed by atoms with Crippen molar-refractivity contribution in [3.63, 3.8) is 0 Å². The van der Waals surface area contributed by atoms with E-state index in [1.807, 2.05) is 14.0 Å². The Morgan fingerprint density at radius 1 is 1.47 bits per heavy atom. The van der Waals surface area contributed by atoms with Crippen LogP contribution in [0.25, 0.3) is 0 Å². The first-order valence-electron chi connectivity index (χ1n) is 5.23. The predicted octanol–water partition coefficient (Wildman–Crippen LogP) is -0.0783. The van der Waals surface area contributed by atoms with E-state index in [0.29, 0.717) is 0 Å². The summed E-state index contributed by atoms with van der Waals surface area (Å²) in [6.07, 6.45) is 0. The van der Waals surface area contributed by atoms with Crippen LogP contribution in [0, 0.1) is 0 Å². The molecule has 1 aromatic heterocycles. The third-order valence-corrected chi connectivity index (χ3v) is 2.63. The van der Waals surface area contributed by atoms with Gasteiger partial charge in [0.2, 0.25) is 5.95 Å². The van der Waals surface area contributed by atoms with Gasteiger partial charge in [-0.3, -0.25) is 5.10 Å². The zero-order valence-electron chi connectivity index (χ0n) is 9.16. The van der Waals surface area contributed by atoms with Gasteiger partial charge in [0.25, 0.3) is 0 Å². The van der Waals surface area contributed by atoms with Crippen molar-refractivity contribution >= 4 is 5.95 Å². The molecule has 0 aromatic carbocycles. The van der Waals surface area contributed by atoms with E-state index in [9.17, 15) is 0 Å². The highest BCUT2D eigenvalue weighted by molar-refractivity contribution is 5.29. The van der Waals surface area contributed by atoms with Gasteiger partial charge in [0.15, 0.2) is 0 Å². The molecule has 2 N–H and O–H groups in total. The smallest absolute Gasteiger partial charge is 0.244 e. The lowest BCUT2D eigenvalue weighted by atomic mass is 10.3. The van der Waals surface area contributed by atoms with Crippen LogP contribution in [0.15, 0.2) is 0 Å². The van der Waals surface area contributed by atoms with Gasteiger partial charge in [-0.25, -0.2) is 0 Å². The van der Waals surface area contributed by atoms with Crippen molar-refractivity contribution in [3.05, 3.63) is 5.82 Å². The fourth-order valence-corrected chi connectivity index (χ4v) is 1.50. The second-order valence-electron chi connectivity index (χ2n) is 3.63. The van der Waals surface area contributed by atoms with E-state index in [2.05, 4.69) is 25.4 Å². The SMILES string of the molecule is CNC(C)c1nc(N2CCOCC2)n[nH]1. The van der Waals surface area contributed by atoms with Crippen LogP contribution in [0.5, 0.6) is 0 Å². The fourth-order valence-electron chi connectivity index (χ4n) is 1.50. The molecule has 1 atom stereocenters. The number of nitrogens with zero attached hydrogens (tertiary/aromatic N) is 3. The van der Waals surface area contributed by atoms with E-state index < -0.39 is 0 Å². The second kappa shape index (κ2) is 4.59. The van der Waals surface area contributed by atoms with Crippen LogP contribution in [-0.2, 0) is 4.74 Å². The molecule has 6 heteroatoms. The number of aromatic amines is 1. The van der Waals surface area contributed by atoms with Crippen LogP contribution < -0.4 is 10.2 Å². The summed E-state index contributed by atoms with van der Waals surface area (Å²) in [7, 11) is 1.90. The molecule has 1 saturated heterocycles. The standard InChI is InChI=1S/C9H17N5O/c1-7(10-2)8-11-9(13-12-8)14-3-5-15-6-4-14/h7,10H,3-6H2,1-2H3,(H,11,12,13). The molecule has 6 nitrogen and oxygen atoms in total. The summed E-state index contributed by atoms with van der Waals surface area (Å²) in [6.45, 7) is 5.29. The number of aromatic nitrogens is 3. The summed E-state index contributed by atoms with van der Waals surface area (Å²) in [5.74, 6) is 1.65. The first-order chi connectivity index (χ1) is 7.31. The monoisotopic (exact) mass is 211 g/mol. The minimum absolute atomic E-state index is 0.201. The zero-order valence-corrected chi connectivity index (χ0v) is 9.16. The van der Waals surface area contributed by atoms with Crippen LogP contribution in [0.1, 0.15) is 18.8 Å². The van der Waals surface area contributed by atoms with Crippen molar-refractivity contribution < 1.29 is 4.74 Å². The number of H-pyrrole nitrogens is 1. The van der Waals surface area contributed by atoms with Crippen molar-refractivity contribution in [1.29, 1.82) is 0 Å². The molecule has 84 valence electrons. The van der Waals surface area contributed by atoms with E-state index in [0.717, 1.165) is 38.1 Å². The van der Waals surface area contributed by atoms with Gasteiger partial charge in [-0.05, 0) is 14.0 Å². The summed E-state index contributed by atoms with van der Waals surface area (Å²) in [5.41, 5.74) is 0. The van der Waals surface area contributed by atoms with E-state index in [1.54, 1.807) is 0 Å².